The van der Waals surface area contributed by atoms with E-state index in [2.05, 4.69) is 10.2 Å². The lowest BCUT2D eigenvalue weighted by molar-refractivity contribution is -0.117. The Morgan fingerprint density at radius 3 is 3.05 bits per heavy atom. The van der Waals surface area contributed by atoms with Crippen molar-refractivity contribution in [1.82, 2.24) is 4.90 Å². The summed E-state index contributed by atoms with van der Waals surface area (Å²) in [4.78, 5) is 14.4. The number of hydrogen-bond donors (Lipinski definition) is 2. The van der Waals surface area contributed by atoms with Crippen LogP contribution < -0.4 is 10.1 Å². The normalized spacial score (nSPS) is 18.7. The molecule has 1 fully saturated rings. The molecule has 1 aromatic rings. The number of likely N-dealkylation sites (tertiary alicyclic amines) is 1. The molecule has 1 aromatic carbocycles. The molecule has 116 valence electrons. The maximum Gasteiger partial charge on any atom is 0.238 e. The Hall–Kier alpha value is -1.59. The van der Waals surface area contributed by atoms with Crippen molar-refractivity contribution in [2.75, 3.05) is 32.1 Å². The van der Waals surface area contributed by atoms with E-state index in [0.29, 0.717) is 24.0 Å². The molecule has 1 atom stereocenters. The first-order chi connectivity index (χ1) is 10.2. The zero-order chi connectivity index (χ0) is 15.1. The molecule has 0 aliphatic carbocycles. The van der Waals surface area contributed by atoms with Crippen molar-refractivity contribution in [3.63, 3.8) is 0 Å². The Morgan fingerprint density at radius 2 is 2.29 bits per heavy atom. The van der Waals surface area contributed by atoms with Crippen molar-refractivity contribution in [2.45, 2.75) is 31.7 Å². The average molecular weight is 292 g/mol. The molecule has 5 nitrogen and oxygen atoms in total. The highest BCUT2D eigenvalue weighted by Gasteiger charge is 2.25. The Labute approximate surface area is 125 Å². The summed E-state index contributed by atoms with van der Waals surface area (Å²) < 4.78 is 5.23. The fourth-order valence-corrected chi connectivity index (χ4v) is 2.88. The van der Waals surface area contributed by atoms with Gasteiger partial charge in [-0.15, -0.1) is 0 Å². The van der Waals surface area contributed by atoms with Crippen molar-refractivity contribution < 1.29 is 14.6 Å². The van der Waals surface area contributed by atoms with Gasteiger partial charge in [-0.1, -0.05) is 12.1 Å². The molecule has 0 aromatic heterocycles. The van der Waals surface area contributed by atoms with Crippen LogP contribution in [0.15, 0.2) is 24.3 Å². The highest BCUT2D eigenvalue weighted by Crippen LogP contribution is 2.24. The molecule has 0 spiro atoms. The van der Waals surface area contributed by atoms with Crippen molar-refractivity contribution >= 4 is 11.6 Å². The van der Waals surface area contributed by atoms with Crippen molar-refractivity contribution in [1.29, 1.82) is 0 Å². The number of rotatable bonds is 7. The first-order valence-corrected chi connectivity index (χ1v) is 7.52. The second-order valence-corrected chi connectivity index (χ2v) is 5.38. The second-order valence-electron chi connectivity index (χ2n) is 5.38. The van der Waals surface area contributed by atoms with Gasteiger partial charge in [0, 0.05) is 12.6 Å². The van der Waals surface area contributed by atoms with Crippen LogP contribution in [0.25, 0.3) is 0 Å². The molecule has 2 rings (SSSR count). The first-order valence-electron chi connectivity index (χ1n) is 7.52. The number of aliphatic hydroxyl groups is 1. The molecule has 1 aliphatic heterocycles. The molecule has 1 saturated heterocycles. The third-order valence-electron chi connectivity index (χ3n) is 3.92. The Kier molecular flexibility index (Phi) is 6.02. The van der Waals surface area contributed by atoms with Gasteiger partial charge in [-0.3, -0.25) is 9.69 Å². The minimum Gasteiger partial charge on any atom is -0.495 e. The average Bonchev–Trinajstić information content (AvgIpc) is 2.92. The summed E-state index contributed by atoms with van der Waals surface area (Å²) in [6, 6.07) is 7.83. The highest BCUT2D eigenvalue weighted by molar-refractivity contribution is 5.93. The van der Waals surface area contributed by atoms with Gasteiger partial charge in [-0.25, -0.2) is 0 Å². The van der Waals surface area contributed by atoms with Gasteiger partial charge >= 0.3 is 0 Å². The SMILES string of the molecule is COc1ccccc1NC(=O)CN1CCCC1CCCO. The number of ether oxygens (including phenoxy) is 1. The minimum absolute atomic E-state index is 0.0181. The van der Waals surface area contributed by atoms with E-state index in [0.717, 1.165) is 32.2 Å². The predicted octanol–water partition coefficient (Wildman–Crippen LogP) is 1.87. The number of para-hydroxylation sites is 2. The molecule has 21 heavy (non-hydrogen) atoms. The lowest BCUT2D eigenvalue weighted by atomic mass is 10.1. The summed E-state index contributed by atoms with van der Waals surface area (Å²) in [5.41, 5.74) is 0.705. The molecule has 5 heteroatoms. The topological polar surface area (TPSA) is 61.8 Å². The summed E-state index contributed by atoms with van der Waals surface area (Å²) in [7, 11) is 1.59. The van der Waals surface area contributed by atoms with E-state index in [-0.39, 0.29) is 12.5 Å². The molecule has 1 unspecified atom stereocenters. The van der Waals surface area contributed by atoms with Crippen LogP contribution in [0.1, 0.15) is 25.7 Å². The summed E-state index contributed by atoms with van der Waals surface area (Å²) in [5.74, 6) is 0.652. The zero-order valence-electron chi connectivity index (χ0n) is 12.5. The smallest absolute Gasteiger partial charge is 0.238 e. The van der Waals surface area contributed by atoms with E-state index in [9.17, 15) is 4.79 Å². The molecule has 0 bridgehead atoms. The van der Waals surface area contributed by atoms with E-state index >= 15 is 0 Å². The first kappa shape index (κ1) is 15.8. The molecule has 0 saturated carbocycles. The number of aliphatic hydroxyl groups excluding tert-OH is 1. The lowest BCUT2D eigenvalue weighted by Gasteiger charge is -2.23. The van der Waals surface area contributed by atoms with Crippen molar-refractivity contribution in [3.8, 4) is 5.75 Å². The Balaban J connectivity index is 1.89. The van der Waals surface area contributed by atoms with Crippen molar-refractivity contribution in [3.05, 3.63) is 24.3 Å². The Bertz CT molecular complexity index is 465. The number of amides is 1. The second kappa shape index (κ2) is 8.00. The fraction of sp³-hybridized carbons (Fsp3) is 0.562. The van der Waals surface area contributed by atoms with Crippen LogP contribution in [0, 0.1) is 0 Å². The molecule has 1 amide bonds. The van der Waals surface area contributed by atoms with Gasteiger partial charge in [0.15, 0.2) is 0 Å². The standard InChI is InChI=1S/C16H24N2O3/c1-21-15-9-3-2-8-14(15)17-16(20)12-18-10-4-6-13(18)7-5-11-19/h2-3,8-9,13,19H,4-7,10-12H2,1H3,(H,17,20). The van der Waals surface area contributed by atoms with E-state index in [1.165, 1.54) is 0 Å². The molecular weight excluding hydrogens is 268 g/mol. The molecule has 0 radical (unpaired) electrons. The largest absolute Gasteiger partial charge is 0.495 e. The van der Waals surface area contributed by atoms with Gasteiger partial charge in [0.2, 0.25) is 5.91 Å². The third kappa shape index (κ3) is 4.44. The van der Waals surface area contributed by atoms with E-state index < -0.39 is 0 Å². The maximum atomic E-state index is 12.2. The number of nitrogens with zero attached hydrogens (tertiary/aromatic N) is 1. The van der Waals surface area contributed by atoms with Gasteiger partial charge in [0.05, 0.1) is 19.3 Å². The van der Waals surface area contributed by atoms with Gasteiger partial charge in [0.25, 0.3) is 0 Å². The van der Waals surface area contributed by atoms with E-state index in [1.807, 2.05) is 24.3 Å². The molecular formula is C16H24N2O3. The number of methoxy groups -OCH3 is 1. The predicted molar refractivity (Wildman–Crippen MR) is 82.5 cm³/mol. The quantitative estimate of drug-likeness (QED) is 0.805. The number of anilines is 1. The van der Waals surface area contributed by atoms with Crippen LogP contribution in [-0.4, -0.2) is 48.8 Å². The fourth-order valence-electron chi connectivity index (χ4n) is 2.88. The minimum atomic E-state index is -0.0181. The number of hydrogen-bond acceptors (Lipinski definition) is 4. The lowest BCUT2D eigenvalue weighted by Crippen LogP contribution is -2.37. The van der Waals surface area contributed by atoms with Crippen LogP contribution in [0.4, 0.5) is 5.69 Å². The van der Waals surface area contributed by atoms with E-state index in [1.54, 1.807) is 7.11 Å². The van der Waals surface area contributed by atoms with Crippen LogP contribution >= 0.6 is 0 Å². The van der Waals surface area contributed by atoms with Crippen molar-refractivity contribution in [2.24, 2.45) is 0 Å². The van der Waals surface area contributed by atoms with Crippen LogP contribution in [0.3, 0.4) is 0 Å². The van der Waals surface area contributed by atoms with Gasteiger partial charge in [0.1, 0.15) is 5.75 Å². The van der Waals surface area contributed by atoms with Gasteiger partial charge in [-0.05, 0) is 44.4 Å². The third-order valence-corrected chi connectivity index (χ3v) is 3.92. The van der Waals surface area contributed by atoms with Crippen LogP contribution in [0.5, 0.6) is 5.75 Å². The van der Waals surface area contributed by atoms with E-state index in [4.69, 9.17) is 9.84 Å². The molecule has 1 aliphatic rings. The highest BCUT2D eigenvalue weighted by atomic mass is 16.5. The summed E-state index contributed by atoms with van der Waals surface area (Å²) in [6.45, 7) is 1.57. The molecule has 2 N–H and O–H groups in total. The summed E-state index contributed by atoms with van der Waals surface area (Å²) in [6.07, 6.45) is 3.99. The van der Waals surface area contributed by atoms with Gasteiger partial charge in [-0.2, -0.15) is 0 Å². The number of benzene rings is 1. The Morgan fingerprint density at radius 1 is 1.48 bits per heavy atom. The number of carbonyl (C=O) groups excluding carboxylic acids is 1. The maximum absolute atomic E-state index is 12.2. The number of nitrogens with one attached hydrogen (secondary N) is 1. The van der Waals surface area contributed by atoms with Crippen LogP contribution in [0.2, 0.25) is 0 Å². The van der Waals surface area contributed by atoms with Crippen LogP contribution in [-0.2, 0) is 4.79 Å². The summed E-state index contributed by atoms with van der Waals surface area (Å²) in [5, 5.41) is 11.8. The zero-order valence-corrected chi connectivity index (χ0v) is 12.5. The monoisotopic (exact) mass is 292 g/mol. The summed E-state index contributed by atoms with van der Waals surface area (Å²) >= 11 is 0. The van der Waals surface area contributed by atoms with Gasteiger partial charge < -0.3 is 15.2 Å². The molecule has 1 heterocycles. The number of carbonyl (C=O) groups is 1.